The van der Waals surface area contributed by atoms with Crippen molar-refractivity contribution in [2.45, 2.75) is 39.2 Å². The Hall–Kier alpha value is -0.480. The normalized spacial score (nSPS) is 13.5. The third kappa shape index (κ3) is 3.04. The zero-order valence-corrected chi connectivity index (χ0v) is 8.92. The summed E-state index contributed by atoms with van der Waals surface area (Å²) in [6, 6.07) is 0. The van der Waals surface area contributed by atoms with Gasteiger partial charge in [0, 0.05) is 0 Å². The highest BCUT2D eigenvalue weighted by atomic mass is 32.1. The monoisotopic (exact) mass is 200 g/mol. The minimum Gasteiger partial charge on any atom is -0.387 e. The second-order valence-corrected chi connectivity index (χ2v) is 3.82. The van der Waals surface area contributed by atoms with Gasteiger partial charge < -0.3 is 5.11 Å². The van der Waals surface area contributed by atoms with E-state index >= 15 is 0 Å². The largest absolute Gasteiger partial charge is 0.387 e. The molecule has 1 aromatic heterocycles. The third-order valence-electron chi connectivity index (χ3n) is 2.43. The number of aliphatic hydroxyl groups excluding tert-OH is 1. The van der Waals surface area contributed by atoms with E-state index in [0.29, 0.717) is 5.92 Å². The first kappa shape index (κ1) is 10.6. The Morgan fingerprint density at radius 3 is 2.62 bits per heavy atom. The highest BCUT2D eigenvalue weighted by Crippen LogP contribution is 2.23. The average molecular weight is 200 g/mol. The quantitative estimate of drug-likeness (QED) is 0.794. The molecule has 74 valence electrons. The summed E-state index contributed by atoms with van der Waals surface area (Å²) in [6.07, 6.45) is 4.26. The minimum absolute atomic E-state index is 0.427. The van der Waals surface area contributed by atoms with E-state index in [4.69, 9.17) is 0 Å². The molecular weight excluding hydrogens is 184 g/mol. The molecule has 4 heteroatoms. The Morgan fingerprint density at radius 2 is 2.15 bits per heavy atom. The van der Waals surface area contributed by atoms with Gasteiger partial charge in [0.2, 0.25) is 0 Å². The molecule has 13 heavy (non-hydrogen) atoms. The van der Waals surface area contributed by atoms with Crippen molar-refractivity contribution >= 4 is 11.7 Å². The Labute approximate surface area is 83.1 Å². The Kier molecular flexibility index (Phi) is 4.32. The van der Waals surface area contributed by atoms with Crippen molar-refractivity contribution in [2.75, 3.05) is 0 Å². The van der Waals surface area contributed by atoms with Crippen LogP contribution >= 0.6 is 11.7 Å². The van der Waals surface area contributed by atoms with Crippen molar-refractivity contribution in [1.29, 1.82) is 0 Å². The van der Waals surface area contributed by atoms with Gasteiger partial charge in [-0.15, -0.1) is 0 Å². The Balaban J connectivity index is 2.45. The summed E-state index contributed by atoms with van der Waals surface area (Å²) in [7, 11) is 0. The van der Waals surface area contributed by atoms with E-state index in [0.717, 1.165) is 36.7 Å². The van der Waals surface area contributed by atoms with Gasteiger partial charge in [-0.25, -0.2) is 0 Å². The molecule has 0 aliphatic heterocycles. The maximum atomic E-state index is 9.75. The van der Waals surface area contributed by atoms with Crippen LogP contribution in [0.5, 0.6) is 0 Å². The molecule has 0 fully saturated rings. The van der Waals surface area contributed by atoms with Crippen LogP contribution in [-0.4, -0.2) is 13.9 Å². The lowest BCUT2D eigenvalue weighted by Crippen LogP contribution is -2.06. The number of nitrogens with zero attached hydrogens (tertiary/aromatic N) is 2. The molecule has 0 saturated heterocycles. The molecule has 1 atom stereocenters. The van der Waals surface area contributed by atoms with Crippen LogP contribution in [0.3, 0.4) is 0 Å². The van der Waals surface area contributed by atoms with Gasteiger partial charge in [0.15, 0.2) is 0 Å². The van der Waals surface area contributed by atoms with Crippen molar-refractivity contribution in [2.24, 2.45) is 5.92 Å². The molecule has 0 saturated carbocycles. The summed E-state index contributed by atoms with van der Waals surface area (Å²) < 4.78 is 7.89. The summed E-state index contributed by atoms with van der Waals surface area (Å²) in [5, 5.41) is 9.75. The van der Waals surface area contributed by atoms with Gasteiger partial charge in [0.25, 0.3) is 0 Å². The molecule has 0 aliphatic carbocycles. The zero-order valence-electron chi connectivity index (χ0n) is 8.10. The molecule has 0 amide bonds. The van der Waals surface area contributed by atoms with Crippen molar-refractivity contribution < 1.29 is 5.11 Å². The second kappa shape index (κ2) is 5.29. The van der Waals surface area contributed by atoms with Crippen LogP contribution in [0.15, 0.2) is 6.20 Å². The van der Waals surface area contributed by atoms with Crippen LogP contribution in [0.2, 0.25) is 0 Å². The lowest BCUT2D eigenvalue weighted by molar-refractivity contribution is 0.138. The fourth-order valence-corrected chi connectivity index (χ4v) is 1.84. The predicted molar refractivity (Wildman–Crippen MR) is 53.6 cm³/mol. The SMILES string of the molecule is CCC(CC)CC(O)c1cnsn1. The first-order valence-electron chi connectivity index (χ1n) is 4.73. The summed E-state index contributed by atoms with van der Waals surface area (Å²) in [4.78, 5) is 0. The van der Waals surface area contributed by atoms with E-state index in [2.05, 4.69) is 22.6 Å². The molecule has 0 spiro atoms. The number of rotatable bonds is 5. The van der Waals surface area contributed by atoms with Crippen LogP contribution in [0.25, 0.3) is 0 Å². The second-order valence-electron chi connectivity index (χ2n) is 3.27. The molecule has 0 aliphatic rings. The molecule has 1 unspecified atom stereocenters. The Morgan fingerprint density at radius 1 is 1.46 bits per heavy atom. The number of hydrogen-bond acceptors (Lipinski definition) is 4. The van der Waals surface area contributed by atoms with Crippen molar-refractivity contribution in [3.8, 4) is 0 Å². The summed E-state index contributed by atoms with van der Waals surface area (Å²) in [6.45, 7) is 4.31. The molecule has 1 N–H and O–H groups in total. The summed E-state index contributed by atoms with van der Waals surface area (Å²) >= 11 is 1.15. The molecular formula is C9H16N2OS. The smallest absolute Gasteiger partial charge is 0.103 e. The number of aliphatic hydroxyl groups is 1. The number of aromatic nitrogens is 2. The summed E-state index contributed by atoms with van der Waals surface area (Å²) in [5.41, 5.74) is 0.719. The molecule has 3 nitrogen and oxygen atoms in total. The minimum atomic E-state index is -0.427. The maximum Gasteiger partial charge on any atom is 0.103 e. The molecule has 0 aromatic carbocycles. The lowest BCUT2D eigenvalue weighted by atomic mass is 9.95. The molecule has 1 aromatic rings. The summed E-state index contributed by atoms with van der Waals surface area (Å²) in [5.74, 6) is 0.594. The van der Waals surface area contributed by atoms with Gasteiger partial charge in [0.1, 0.15) is 5.69 Å². The third-order valence-corrected chi connectivity index (χ3v) is 2.92. The first-order chi connectivity index (χ1) is 6.27. The fraction of sp³-hybridized carbons (Fsp3) is 0.778. The number of hydrogen-bond donors (Lipinski definition) is 1. The predicted octanol–water partition coefficient (Wildman–Crippen LogP) is 2.40. The van der Waals surface area contributed by atoms with Gasteiger partial charge in [-0.2, -0.15) is 8.75 Å². The van der Waals surface area contributed by atoms with Crippen LogP contribution in [-0.2, 0) is 0 Å². The highest BCUT2D eigenvalue weighted by molar-refractivity contribution is 6.99. The van der Waals surface area contributed by atoms with Gasteiger partial charge in [-0.3, -0.25) is 0 Å². The lowest BCUT2D eigenvalue weighted by Gasteiger charge is -2.15. The van der Waals surface area contributed by atoms with Gasteiger partial charge in [-0.1, -0.05) is 26.7 Å². The molecule has 0 bridgehead atoms. The van der Waals surface area contributed by atoms with E-state index in [1.807, 2.05) is 0 Å². The zero-order chi connectivity index (χ0) is 9.68. The van der Waals surface area contributed by atoms with Crippen LogP contribution < -0.4 is 0 Å². The van der Waals surface area contributed by atoms with E-state index in [1.54, 1.807) is 6.20 Å². The van der Waals surface area contributed by atoms with Crippen molar-refractivity contribution in [3.63, 3.8) is 0 Å². The van der Waals surface area contributed by atoms with Crippen LogP contribution in [0, 0.1) is 5.92 Å². The van der Waals surface area contributed by atoms with E-state index in [9.17, 15) is 5.11 Å². The molecule has 0 radical (unpaired) electrons. The molecule has 1 heterocycles. The molecule has 1 rings (SSSR count). The van der Waals surface area contributed by atoms with Crippen LogP contribution in [0.1, 0.15) is 44.9 Å². The Bertz CT molecular complexity index is 222. The van der Waals surface area contributed by atoms with E-state index in [1.165, 1.54) is 0 Å². The van der Waals surface area contributed by atoms with Gasteiger partial charge >= 0.3 is 0 Å². The van der Waals surface area contributed by atoms with Gasteiger partial charge in [-0.05, 0) is 12.3 Å². The standard InChI is InChI=1S/C9H16N2OS/c1-3-7(4-2)5-9(12)8-6-10-13-11-8/h6-7,9,12H,3-5H2,1-2H3. The topological polar surface area (TPSA) is 46.0 Å². The van der Waals surface area contributed by atoms with Crippen LogP contribution in [0.4, 0.5) is 0 Å². The average Bonchev–Trinajstić information content (AvgIpc) is 2.66. The highest BCUT2D eigenvalue weighted by Gasteiger charge is 2.15. The van der Waals surface area contributed by atoms with E-state index < -0.39 is 6.10 Å². The first-order valence-corrected chi connectivity index (χ1v) is 5.46. The maximum absolute atomic E-state index is 9.75. The fourth-order valence-electron chi connectivity index (χ4n) is 1.38. The van der Waals surface area contributed by atoms with E-state index in [-0.39, 0.29) is 0 Å². The van der Waals surface area contributed by atoms with Crippen molar-refractivity contribution in [1.82, 2.24) is 8.75 Å². The van der Waals surface area contributed by atoms with Crippen molar-refractivity contribution in [3.05, 3.63) is 11.9 Å². The van der Waals surface area contributed by atoms with Gasteiger partial charge in [0.05, 0.1) is 24.0 Å².